The van der Waals surface area contributed by atoms with Gasteiger partial charge in [-0.1, -0.05) is 36.1 Å². The molecule has 3 nitrogen and oxygen atoms in total. The summed E-state index contributed by atoms with van der Waals surface area (Å²) in [6.45, 7) is 5.14. The van der Waals surface area contributed by atoms with E-state index in [1.807, 2.05) is 5.73 Å². The first-order valence-corrected chi connectivity index (χ1v) is 6.61. The van der Waals surface area contributed by atoms with E-state index in [0.29, 0.717) is 0 Å². The Morgan fingerprint density at radius 2 is 1.82 bits per heavy atom. The first kappa shape index (κ1) is 17.9. The fourth-order valence-corrected chi connectivity index (χ4v) is 1.49. The van der Waals surface area contributed by atoms with Gasteiger partial charge >= 0.3 is 12.3 Å². The van der Waals surface area contributed by atoms with Gasteiger partial charge in [-0.25, -0.2) is 4.79 Å². The number of alkyl halides is 3. The van der Waals surface area contributed by atoms with Gasteiger partial charge in [-0.15, -0.1) is 0 Å². The van der Waals surface area contributed by atoms with Crippen molar-refractivity contribution in [3.05, 3.63) is 53.9 Å². The monoisotopic (exact) mass is 313 g/mol. The summed E-state index contributed by atoms with van der Waals surface area (Å²) in [5, 5.41) is 0. The maximum atomic E-state index is 12.1. The molecule has 0 unspecified atom stereocenters. The van der Waals surface area contributed by atoms with Crippen LogP contribution in [0.1, 0.15) is 26.3 Å². The van der Waals surface area contributed by atoms with Crippen molar-refractivity contribution in [2.75, 3.05) is 0 Å². The van der Waals surface area contributed by atoms with Gasteiger partial charge in [0.2, 0.25) is 0 Å². The molecule has 120 valence electrons. The first-order chi connectivity index (χ1) is 10.1. The minimum Gasteiger partial charge on any atom is -0.443 e. The van der Waals surface area contributed by atoms with E-state index in [1.54, 1.807) is 51.1 Å². The smallest absolute Gasteiger partial charge is 0.416 e. The molecule has 1 aromatic rings. The normalized spacial score (nSPS) is 11.4. The molecule has 6 heteroatoms. The third-order valence-corrected chi connectivity index (χ3v) is 2.30. The van der Waals surface area contributed by atoms with E-state index in [9.17, 15) is 18.0 Å². The van der Waals surface area contributed by atoms with Crippen LogP contribution in [-0.4, -0.2) is 22.8 Å². The van der Waals surface area contributed by atoms with Crippen LogP contribution >= 0.6 is 0 Å². The van der Waals surface area contributed by atoms with E-state index in [2.05, 4.69) is 0 Å². The molecule has 0 spiro atoms. The molecule has 0 aromatic heterocycles. The van der Waals surface area contributed by atoms with Crippen molar-refractivity contribution in [1.82, 2.24) is 4.90 Å². The molecule has 22 heavy (non-hydrogen) atoms. The van der Waals surface area contributed by atoms with Crippen molar-refractivity contribution < 1.29 is 22.7 Å². The lowest BCUT2D eigenvalue weighted by Crippen LogP contribution is -2.33. The predicted molar refractivity (Wildman–Crippen MR) is 76.9 cm³/mol. The van der Waals surface area contributed by atoms with Crippen LogP contribution in [0.5, 0.6) is 0 Å². The fraction of sp³-hybridized carbons (Fsp3) is 0.375. The van der Waals surface area contributed by atoms with Gasteiger partial charge in [-0.3, -0.25) is 4.90 Å². The van der Waals surface area contributed by atoms with Crippen LogP contribution in [0, 0.1) is 0 Å². The van der Waals surface area contributed by atoms with Crippen LogP contribution in [0.3, 0.4) is 0 Å². The van der Waals surface area contributed by atoms with E-state index in [-0.39, 0.29) is 12.6 Å². The number of allylic oxidation sites excluding steroid dienone is 1. The molecule has 0 N–H and O–H groups in total. The van der Waals surface area contributed by atoms with Crippen molar-refractivity contribution in [3.63, 3.8) is 0 Å². The highest BCUT2D eigenvalue weighted by atomic mass is 19.4. The third-order valence-electron chi connectivity index (χ3n) is 2.30. The van der Waals surface area contributed by atoms with Crippen LogP contribution in [-0.2, 0) is 11.3 Å². The van der Waals surface area contributed by atoms with Gasteiger partial charge in [0.25, 0.3) is 0 Å². The number of carbonyl (C=O) groups excluding carboxylic acids is 1. The Morgan fingerprint density at radius 3 is 2.32 bits per heavy atom. The molecule has 0 aliphatic carbocycles. The molecule has 0 heterocycles. The molecular weight excluding hydrogens is 295 g/mol. The average Bonchev–Trinajstić information content (AvgIpc) is 2.35. The minimum atomic E-state index is -4.48. The Kier molecular flexibility index (Phi) is 5.83. The Morgan fingerprint density at radius 1 is 1.23 bits per heavy atom. The standard InChI is InChI=1S/C16H18F3NO2/c1-15(2,3)22-14(21)20(11-7-10-16(17,18)19)12-13-8-5-4-6-9-13/h4-6,8-11H,12H2,1-3H3. The predicted octanol–water partition coefficient (Wildman–Crippen LogP) is 4.65. The fourth-order valence-electron chi connectivity index (χ4n) is 1.49. The third kappa shape index (κ3) is 7.55. The zero-order chi connectivity index (χ0) is 16.8. The van der Waals surface area contributed by atoms with Gasteiger partial charge in [0.1, 0.15) is 5.60 Å². The molecule has 0 aliphatic heterocycles. The van der Waals surface area contributed by atoms with Gasteiger partial charge < -0.3 is 4.74 Å². The van der Waals surface area contributed by atoms with Crippen molar-refractivity contribution >= 4 is 6.09 Å². The highest BCUT2D eigenvalue weighted by Crippen LogP contribution is 2.16. The largest absolute Gasteiger partial charge is 0.443 e. The Hall–Kier alpha value is -2.20. The second-order valence-corrected chi connectivity index (χ2v) is 5.58. The van der Waals surface area contributed by atoms with Crippen LogP contribution < -0.4 is 0 Å². The van der Waals surface area contributed by atoms with Gasteiger partial charge in [0.05, 0.1) is 18.8 Å². The van der Waals surface area contributed by atoms with E-state index in [0.717, 1.165) is 16.7 Å². The molecule has 1 amide bonds. The van der Waals surface area contributed by atoms with Gasteiger partial charge in [0.15, 0.2) is 0 Å². The molecule has 0 aliphatic rings. The summed E-state index contributed by atoms with van der Waals surface area (Å²) in [4.78, 5) is 13.1. The van der Waals surface area contributed by atoms with Crippen LogP contribution in [0.15, 0.2) is 48.3 Å². The Labute approximate surface area is 127 Å². The lowest BCUT2D eigenvalue weighted by Gasteiger charge is -2.24. The van der Waals surface area contributed by atoms with Crippen LogP contribution in [0.25, 0.3) is 0 Å². The molecular formula is C16H18F3NO2. The Balaban J connectivity index is 2.95. The lowest BCUT2D eigenvalue weighted by molar-refractivity contribution is -0.0797. The summed E-state index contributed by atoms with van der Waals surface area (Å²) in [7, 11) is 0. The van der Waals surface area contributed by atoms with Crippen LogP contribution in [0.4, 0.5) is 18.0 Å². The number of rotatable bonds is 3. The molecule has 1 aromatic carbocycles. The van der Waals surface area contributed by atoms with Crippen molar-refractivity contribution in [2.24, 2.45) is 0 Å². The van der Waals surface area contributed by atoms with Crippen molar-refractivity contribution in [1.29, 1.82) is 0 Å². The molecule has 1 rings (SSSR count). The maximum absolute atomic E-state index is 12.1. The van der Waals surface area contributed by atoms with Gasteiger partial charge in [0, 0.05) is 0 Å². The molecule has 0 bridgehead atoms. The molecule has 0 radical (unpaired) electrons. The Bertz CT molecular complexity index is 551. The highest BCUT2D eigenvalue weighted by molar-refractivity contribution is 5.69. The van der Waals surface area contributed by atoms with Gasteiger partial charge in [-0.05, 0) is 26.3 Å². The van der Waals surface area contributed by atoms with E-state index in [1.165, 1.54) is 0 Å². The zero-order valence-electron chi connectivity index (χ0n) is 12.6. The average molecular weight is 313 g/mol. The van der Waals surface area contributed by atoms with Gasteiger partial charge in [-0.2, -0.15) is 13.2 Å². The maximum Gasteiger partial charge on any atom is 0.416 e. The van der Waals surface area contributed by atoms with Crippen molar-refractivity contribution in [2.45, 2.75) is 39.1 Å². The summed E-state index contributed by atoms with van der Waals surface area (Å²) in [6, 6.07) is 8.88. The topological polar surface area (TPSA) is 29.5 Å². The number of amides is 1. The van der Waals surface area contributed by atoms with E-state index >= 15 is 0 Å². The lowest BCUT2D eigenvalue weighted by atomic mass is 10.2. The zero-order valence-corrected chi connectivity index (χ0v) is 12.6. The second-order valence-electron chi connectivity index (χ2n) is 5.58. The number of benzene rings is 1. The SMILES string of the molecule is CC(C)(C)OC(=O)N(C=C=CC(F)(F)F)Cc1ccccc1. The number of carbonyl (C=O) groups is 1. The molecule has 0 saturated heterocycles. The summed E-state index contributed by atoms with van der Waals surface area (Å²) >= 11 is 0. The van der Waals surface area contributed by atoms with E-state index < -0.39 is 17.9 Å². The number of halogens is 3. The molecule has 0 atom stereocenters. The summed E-state index contributed by atoms with van der Waals surface area (Å²) < 4.78 is 41.6. The molecule has 0 saturated carbocycles. The number of hydrogen-bond acceptors (Lipinski definition) is 2. The summed E-state index contributed by atoms with van der Waals surface area (Å²) in [6.07, 6.45) is -4.34. The highest BCUT2D eigenvalue weighted by Gasteiger charge is 2.23. The first-order valence-electron chi connectivity index (χ1n) is 6.61. The van der Waals surface area contributed by atoms with Crippen LogP contribution in [0.2, 0.25) is 0 Å². The second kappa shape index (κ2) is 7.18. The summed E-state index contributed by atoms with van der Waals surface area (Å²) in [5.41, 5.74) is 1.98. The quantitative estimate of drug-likeness (QED) is 0.760. The van der Waals surface area contributed by atoms with E-state index in [4.69, 9.17) is 4.74 Å². The number of nitrogens with zero attached hydrogens (tertiary/aromatic N) is 1. The number of hydrogen-bond donors (Lipinski definition) is 0. The molecule has 0 fully saturated rings. The van der Waals surface area contributed by atoms with Crippen molar-refractivity contribution in [3.8, 4) is 0 Å². The summed E-state index contributed by atoms with van der Waals surface area (Å²) in [5.74, 6) is 0. The number of ether oxygens (including phenoxy) is 1. The minimum absolute atomic E-state index is 0.0602.